The molecule has 0 amide bonds. The minimum Gasteiger partial charge on any atom is -0.378 e. The third-order valence-corrected chi connectivity index (χ3v) is 3.35. The van der Waals surface area contributed by atoms with E-state index in [9.17, 15) is 4.39 Å². The minimum atomic E-state index is -0.346. The number of anilines is 1. The second-order valence-electron chi connectivity index (χ2n) is 4.31. The van der Waals surface area contributed by atoms with Crippen LogP contribution in [0.3, 0.4) is 0 Å². The number of benzene rings is 2. The third kappa shape index (κ3) is 3.85. The molecule has 0 fully saturated rings. The van der Waals surface area contributed by atoms with E-state index in [0.29, 0.717) is 15.7 Å². The van der Waals surface area contributed by atoms with Gasteiger partial charge in [-0.3, -0.25) is 0 Å². The van der Waals surface area contributed by atoms with E-state index >= 15 is 0 Å². The summed E-state index contributed by atoms with van der Waals surface area (Å²) < 4.78 is 13.3. The Morgan fingerprint density at radius 2 is 1.74 bits per heavy atom. The van der Waals surface area contributed by atoms with Gasteiger partial charge in [0.15, 0.2) is 0 Å². The monoisotopic (exact) mass is 297 g/mol. The highest BCUT2D eigenvalue weighted by Gasteiger charge is 2.10. The summed E-state index contributed by atoms with van der Waals surface area (Å²) in [6.45, 7) is 2.06. The van der Waals surface area contributed by atoms with Crippen LogP contribution in [0.2, 0.25) is 10.0 Å². The molecule has 2 aromatic carbocycles. The van der Waals surface area contributed by atoms with Crippen LogP contribution >= 0.6 is 23.2 Å². The molecule has 0 bridgehead atoms. The van der Waals surface area contributed by atoms with Gasteiger partial charge in [0, 0.05) is 15.7 Å². The van der Waals surface area contributed by atoms with Gasteiger partial charge in [-0.1, -0.05) is 42.3 Å². The summed E-state index contributed by atoms with van der Waals surface area (Å²) in [6.07, 6.45) is 0.871. The van der Waals surface area contributed by atoms with Crippen LogP contribution in [0, 0.1) is 5.82 Å². The maximum absolute atomic E-state index is 13.3. The molecule has 1 atom stereocenters. The Bertz CT molecular complexity index is 534. The van der Waals surface area contributed by atoms with Gasteiger partial charge in [-0.05, 0) is 42.3 Å². The first kappa shape index (κ1) is 14.2. The van der Waals surface area contributed by atoms with E-state index in [1.165, 1.54) is 12.1 Å². The lowest BCUT2D eigenvalue weighted by molar-refractivity contribution is 0.627. The molecule has 0 heterocycles. The first-order valence-electron chi connectivity index (χ1n) is 6.06. The Morgan fingerprint density at radius 3 is 2.32 bits per heavy atom. The zero-order chi connectivity index (χ0) is 13.8. The molecule has 0 aliphatic rings. The van der Waals surface area contributed by atoms with E-state index in [0.717, 1.165) is 12.0 Å². The van der Waals surface area contributed by atoms with E-state index in [4.69, 9.17) is 23.2 Å². The van der Waals surface area contributed by atoms with Crippen molar-refractivity contribution in [2.24, 2.45) is 0 Å². The molecule has 2 rings (SSSR count). The topological polar surface area (TPSA) is 12.0 Å². The summed E-state index contributed by atoms with van der Waals surface area (Å²) in [4.78, 5) is 0. The van der Waals surface area contributed by atoms with Gasteiger partial charge in [-0.15, -0.1) is 0 Å². The summed E-state index contributed by atoms with van der Waals surface area (Å²) in [5, 5.41) is 4.36. The molecule has 0 spiro atoms. The normalized spacial score (nSPS) is 12.2. The van der Waals surface area contributed by atoms with E-state index < -0.39 is 0 Å². The summed E-state index contributed by atoms with van der Waals surface area (Å²) in [5.74, 6) is -0.346. The maximum Gasteiger partial charge on any atom is 0.126 e. The van der Waals surface area contributed by atoms with Gasteiger partial charge in [0.05, 0.1) is 6.04 Å². The minimum absolute atomic E-state index is 0.0927. The van der Waals surface area contributed by atoms with Crippen LogP contribution in [0.5, 0.6) is 0 Å². The molecule has 2 aromatic rings. The smallest absolute Gasteiger partial charge is 0.126 e. The van der Waals surface area contributed by atoms with Crippen LogP contribution in [0.15, 0.2) is 42.5 Å². The molecule has 19 heavy (non-hydrogen) atoms. The summed E-state index contributed by atoms with van der Waals surface area (Å²) in [6, 6.07) is 12.1. The molecule has 1 unspecified atom stereocenters. The molecular weight excluding hydrogens is 284 g/mol. The van der Waals surface area contributed by atoms with Crippen molar-refractivity contribution in [3.8, 4) is 0 Å². The van der Waals surface area contributed by atoms with Crippen molar-refractivity contribution in [1.82, 2.24) is 0 Å². The maximum atomic E-state index is 13.3. The number of hydrogen-bond acceptors (Lipinski definition) is 1. The van der Waals surface area contributed by atoms with Crippen molar-refractivity contribution in [2.75, 3.05) is 5.32 Å². The Hall–Kier alpha value is -1.25. The highest BCUT2D eigenvalue weighted by molar-refractivity contribution is 6.31. The molecule has 0 saturated carbocycles. The van der Waals surface area contributed by atoms with Gasteiger partial charge < -0.3 is 5.32 Å². The lowest BCUT2D eigenvalue weighted by Crippen LogP contribution is -2.09. The lowest BCUT2D eigenvalue weighted by atomic mass is 10.0. The molecule has 0 aliphatic heterocycles. The van der Waals surface area contributed by atoms with Crippen molar-refractivity contribution in [1.29, 1.82) is 0 Å². The standard InChI is InChI=1S/C15H14Cl2FN/c1-2-15(10-3-5-11(16)6-4-10)19-14-8-12(17)7-13(18)9-14/h3-9,15,19H,2H2,1H3. The average molecular weight is 298 g/mol. The van der Waals surface area contributed by atoms with Crippen LogP contribution in [0.4, 0.5) is 10.1 Å². The van der Waals surface area contributed by atoms with Crippen molar-refractivity contribution in [3.05, 3.63) is 63.9 Å². The van der Waals surface area contributed by atoms with E-state index in [-0.39, 0.29) is 11.9 Å². The number of halogens is 3. The Morgan fingerprint density at radius 1 is 1.05 bits per heavy atom. The van der Waals surface area contributed by atoms with Crippen LogP contribution in [-0.2, 0) is 0 Å². The van der Waals surface area contributed by atoms with Gasteiger partial charge in [-0.2, -0.15) is 0 Å². The lowest BCUT2D eigenvalue weighted by Gasteiger charge is -2.19. The number of nitrogens with one attached hydrogen (secondary N) is 1. The van der Waals surface area contributed by atoms with Gasteiger partial charge in [0.1, 0.15) is 5.82 Å². The molecule has 1 N–H and O–H groups in total. The van der Waals surface area contributed by atoms with E-state index in [1.54, 1.807) is 6.07 Å². The van der Waals surface area contributed by atoms with Crippen molar-refractivity contribution in [2.45, 2.75) is 19.4 Å². The van der Waals surface area contributed by atoms with E-state index in [2.05, 4.69) is 12.2 Å². The quantitative estimate of drug-likeness (QED) is 0.764. The predicted octanol–water partition coefficient (Wildman–Crippen LogP) is 5.70. The number of hydrogen-bond donors (Lipinski definition) is 1. The second kappa shape index (κ2) is 6.27. The van der Waals surface area contributed by atoms with Crippen molar-refractivity contribution >= 4 is 28.9 Å². The van der Waals surface area contributed by atoms with E-state index in [1.807, 2.05) is 24.3 Å². The fourth-order valence-corrected chi connectivity index (χ4v) is 2.30. The third-order valence-electron chi connectivity index (χ3n) is 2.88. The van der Waals surface area contributed by atoms with Crippen LogP contribution in [0.25, 0.3) is 0 Å². The fourth-order valence-electron chi connectivity index (χ4n) is 1.95. The van der Waals surface area contributed by atoms with Crippen LogP contribution in [0.1, 0.15) is 24.9 Å². The summed E-state index contributed by atoms with van der Waals surface area (Å²) >= 11 is 11.7. The highest BCUT2D eigenvalue weighted by Crippen LogP contribution is 2.26. The Labute approximate surface area is 122 Å². The first-order chi connectivity index (χ1) is 9.08. The molecule has 0 saturated heterocycles. The predicted molar refractivity (Wildman–Crippen MR) is 79.5 cm³/mol. The van der Waals surface area contributed by atoms with Crippen LogP contribution < -0.4 is 5.32 Å². The molecule has 0 aromatic heterocycles. The first-order valence-corrected chi connectivity index (χ1v) is 6.82. The largest absolute Gasteiger partial charge is 0.378 e. The van der Waals surface area contributed by atoms with Gasteiger partial charge in [-0.25, -0.2) is 4.39 Å². The highest BCUT2D eigenvalue weighted by atomic mass is 35.5. The fraction of sp³-hybridized carbons (Fsp3) is 0.200. The molecule has 100 valence electrons. The van der Waals surface area contributed by atoms with Crippen molar-refractivity contribution < 1.29 is 4.39 Å². The Balaban J connectivity index is 2.21. The van der Waals surface area contributed by atoms with Crippen LogP contribution in [-0.4, -0.2) is 0 Å². The summed E-state index contributed by atoms with van der Waals surface area (Å²) in [5.41, 5.74) is 1.78. The molecule has 4 heteroatoms. The van der Waals surface area contributed by atoms with Crippen molar-refractivity contribution in [3.63, 3.8) is 0 Å². The Kier molecular flexibility index (Phi) is 4.67. The molecule has 1 nitrogen and oxygen atoms in total. The molecule has 0 radical (unpaired) electrons. The zero-order valence-electron chi connectivity index (χ0n) is 10.5. The van der Waals surface area contributed by atoms with Gasteiger partial charge >= 0.3 is 0 Å². The number of rotatable bonds is 4. The molecular formula is C15H14Cl2FN. The summed E-state index contributed by atoms with van der Waals surface area (Å²) in [7, 11) is 0. The van der Waals surface area contributed by atoms with Gasteiger partial charge in [0.25, 0.3) is 0 Å². The average Bonchev–Trinajstić information content (AvgIpc) is 2.36. The second-order valence-corrected chi connectivity index (χ2v) is 5.19. The zero-order valence-corrected chi connectivity index (χ0v) is 12.0. The molecule has 0 aliphatic carbocycles. The van der Waals surface area contributed by atoms with Gasteiger partial charge in [0.2, 0.25) is 0 Å². The SMILES string of the molecule is CCC(Nc1cc(F)cc(Cl)c1)c1ccc(Cl)cc1.